The number of carbonyl (C=O) groups excluding carboxylic acids is 1. The fourth-order valence-corrected chi connectivity index (χ4v) is 4.00. The van der Waals surface area contributed by atoms with Crippen LogP contribution in [0.15, 0.2) is 0 Å². The van der Waals surface area contributed by atoms with Crippen LogP contribution in [0, 0.1) is 11.8 Å². The fourth-order valence-electron chi connectivity index (χ4n) is 3.16. The van der Waals surface area contributed by atoms with E-state index >= 15 is 0 Å². The third-order valence-electron chi connectivity index (χ3n) is 3.87. The summed E-state index contributed by atoms with van der Waals surface area (Å²) in [6, 6.07) is -0.0533. The highest BCUT2D eigenvalue weighted by atomic mass is 32.2. The lowest BCUT2D eigenvalue weighted by atomic mass is 9.98. The van der Waals surface area contributed by atoms with E-state index < -0.39 is 15.6 Å². The summed E-state index contributed by atoms with van der Waals surface area (Å²) in [5.41, 5.74) is -0.501. The molecular formula is C13H24N2O4S. The molecule has 2 rings (SSSR count). The summed E-state index contributed by atoms with van der Waals surface area (Å²) in [6.07, 6.45) is 2.69. The molecule has 1 heterocycles. The highest BCUT2D eigenvalue weighted by Gasteiger charge is 2.45. The van der Waals surface area contributed by atoms with Crippen molar-refractivity contribution in [2.75, 3.05) is 19.3 Å². The second-order valence-corrected chi connectivity index (χ2v) is 8.66. The van der Waals surface area contributed by atoms with Gasteiger partial charge < -0.3 is 9.64 Å². The zero-order valence-corrected chi connectivity index (χ0v) is 13.4. The molecule has 0 radical (unpaired) electrons. The molecule has 20 heavy (non-hydrogen) atoms. The first-order valence-corrected chi connectivity index (χ1v) is 8.89. The minimum atomic E-state index is -3.20. The maximum absolute atomic E-state index is 12.0. The molecule has 1 saturated carbocycles. The lowest BCUT2D eigenvalue weighted by Crippen LogP contribution is -2.40. The molecule has 0 spiro atoms. The number of ether oxygens (including phenoxy) is 1. The Hall–Kier alpha value is -0.820. The number of nitrogens with one attached hydrogen (secondary N) is 1. The van der Waals surface area contributed by atoms with Gasteiger partial charge in [-0.25, -0.2) is 17.9 Å². The molecule has 116 valence electrons. The second-order valence-electron chi connectivity index (χ2n) is 6.88. The molecule has 7 heteroatoms. The standard InChI is InChI=1S/C13H24N2O4S/c1-13(2,3)19-12(16)15-7-9-5-6-11(10(9)8-15)14-20(4,17)18/h9-11,14H,5-8H2,1-4H3/t9-,10+,11+/m1/s1. The Bertz CT molecular complexity index is 483. The molecule has 3 atom stereocenters. The van der Waals surface area contributed by atoms with Crippen LogP contribution in [0.1, 0.15) is 33.6 Å². The average molecular weight is 304 g/mol. The van der Waals surface area contributed by atoms with E-state index in [1.807, 2.05) is 20.8 Å². The van der Waals surface area contributed by atoms with Gasteiger partial charge in [0.05, 0.1) is 6.26 Å². The maximum atomic E-state index is 12.0. The summed E-state index contributed by atoms with van der Waals surface area (Å²) in [4.78, 5) is 13.8. The Morgan fingerprint density at radius 3 is 2.45 bits per heavy atom. The van der Waals surface area contributed by atoms with Crippen molar-refractivity contribution in [2.45, 2.75) is 45.3 Å². The van der Waals surface area contributed by atoms with E-state index in [9.17, 15) is 13.2 Å². The Morgan fingerprint density at radius 1 is 1.25 bits per heavy atom. The predicted octanol–water partition coefficient (Wildman–Crippen LogP) is 1.18. The molecule has 1 amide bonds. The van der Waals surface area contributed by atoms with Gasteiger partial charge in [-0.1, -0.05) is 0 Å². The van der Waals surface area contributed by atoms with Crippen molar-refractivity contribution in [3.63, 3.8) is 0 Å². The molecule has 1 N–H and O–H groups in total. The molecule has 0 unspecified atom stereocenters. The number of nitrogens with zero attached hydrogens (tertiary/aromatic N) is 1. The van der Waals surface area contributed by atoms with Gasteiger partial charge in [-0.05, 0) is 45.4 Å². The van der Waals surface area contributed by atoms with E-state index in [-0.39, 0.29) is 18.1 Å². The zero-order chi connectivity index (χ0) is 15.1. The van der Waals surface area contributed by atoms with Crippen LogP contribution in [0.4, 0.5) is 4.79 Å². The Labute approximate surface area is 120 Å². The largest absolute Gasteiger partial charge is 0.444 e. The molecule has 2 fully saturated rings. The van der Waals surface area contributed by atoms with E-state index in [1.54, 1.807) is 4.90 Å². The SMILES string of the molecule is CC(C)(C)OC(=O)N1C[C@H]2CC[C@H](NS(C)(=O)=O)[C@H]2C1. The van der Waals surface area contributed by atoms with Crippen LogP contribution in [-0.4, -0.2) is 50.4 Å². The lowest BCUT2D eigenvalue weighted by Gasteiger charge is -2.25. The molecule has 0 aromatic carbocycles. The first kappa shape index (κ1) is 15.6. The molecule has 0 aromatic heterocycles. The number of hydrogen-bond acceptors (Lipinski definition) is 4. The van der Waals surface area contributed by atoms with Crippen molar-refractivity contribution in [1.29, 1.82) is 0 Å². The van der Waals surface area contributed by atoms with Gasteiger partial charge >= 0.3 is 6.09 Å². The molecular weight excluding hydrogens is 280 g/mol. The van der Waals surface area contributed by atoms with Gasteiger partial charge in [0.1, 0.15) is 5.60 Å². The average Bonchev–Trinajstić information content (AvgIpc) is 2.75. The van der Waals surface area contributed by atoms with Crippen LogP contribution in [0.3, 0.4) is 0 Å². The Morgan fingerprint density at radius 2 is 1.90 bits per heavy atom. The third kappa shape index (κ3) is 3.85. The van der Waals surface area contributed by atoms with Crippen LogP contribution in [0.5, 0.6) is 0 Å². The highest BCUT2D eigenvalue weighted by Crippen LogP contribution is 2.38. The summed E-state index contributed by atoms with van der Waals surface area (Å²) >= 11 is 0. The van der Waals surface area contributed by atoms with Gasteiger partial charge in [0.2, 0.25) is 10.0 Å². The number of carbonyl (C=O) groups is 1. The van der Waals surface area contributed by atoms with Gasteiger partial charge in [0.15, 0.2) is 0 Å². The minimum absolute atomic E-state index is 0.0533. The van der Waals surface area contributed by atoms with E-state index in [4.69, 9.17) is 4.74 Å². The van der Waals surface area contributed by atoms with E-state index in [0.29, 0.717) is 19.0 Å². The number of amides is 1. The lowest BCUT2D eigenvalue weighted by molar-refractivity contribution is 0.0279. The van der Waals surface area contributed by atoms with Gasteiger partial charge in [-0.15, -0.1) is 0 Å². The van der Waals surface area contributed by atoms with Crippen LogP contribution in [-0.2, 0) is 14.8 Å². The van der Waals surface area contributed by atoms with E-state index in [0.717, 1.165) is 12.8 Å². The summed E-state index contributed by atoms with van der Waals surface area (Å²) in [6.45, 7) is 6.77. The van der Waals surface area contributed by atoms with Crippen molar-refractivity contribution in [3.8, 4) is 0 Å². The Balaban J connectivity index is 1.97. The number of fused-ring (bicyclic) bond motifs is 1. The van der Waals surface area contributed by atoms with Gasteiger partial charge in [0.25, 0.3) is 0 Å². The van der Waals surface area contributed by atoms with Crippen LogP contribution in [0.25, 0.3) is 0 Å². The summed E-state index contributed by atoms with van der Waals surface area (Å²) in [7, 11) is -3.20. The van der Waals surface area contributed by atoms with Crippen molar-refractivity contribution in [1.82, 2.24) is 9.62 Å². The molecule has 0 bridgehead atoms. The molecule has 1 saturated heterocycles. The normalized spacial score (nSPS) is 30.4. The molecule has 6 nitrogen and oxygen atoms in total. The summed E-state index contributed by atoms with van der Waals surface area (Å²) in [5, 5.41) is 0. The van der Waals surface area contributed by atoms with Crippen LogP contribution >= 0.6 is 0 Å². The fraction of sp³-hybridized carbons (Fsp3) is 0.923. The summed E-state index contributed by atoms with van der Waals surface area (Å²) < 4.78 is 30.8. The Kier molecular flexibility index (Phi) is 4.03. The monoisotopic (exact) mass is 304 g/mol. The summed E-state index contributed by atoms with van der Waals surface area (Å²) in [5.74, 6) is 0.582. The third-order valence-corrected chi connectivity index (χ3v) is 4.60. The number of hydrogen-bond donors (Lipinski definition) is 1. The van der Waals surface area contributed by atoms with Gasteiger partial charge in [-0.3, -0.25) is 0 Å². The first-order chi connectivity index (χ1) is 9.05. The molecule has 1 aliphatic heterocycles. The van der Waals surface area contributed by atoms with Crippen molar-refractivity contribution in [3.05, 3.63) is 0 Å². The minimum Gasteiger partial charge on any atom is -0.444 e. The van der Waals surface area contributed by atoms with Crippen LogP contribution < -0.4 is 4.72 Å². The van der Waals surface area contributed by atoms with Gasteiger partial charge in [-0.2, -0.15) is 0 Å². The quantitative estimate of drug-likeness (QED) is 0.831. The number of sulfonamides is 1. The van der Waals surface area contributed by atoms with Gasteiger partial charge in [0, 0.05) is 19.1 Å². The van der Waals surface area contributed by atoms with E-state index in [1.165, 1.54) is 6.26 Å². The maximum Gasteiger partial charge on any atom is 0.410 e. The highest BCUT2D eigenvalue weighted by molar-refractivity contribution is 7.88. The number of likely N-dealkylation sites (tertiary alicyclic amines) is 1. The van der Waals surface area contributed by atoms with Crippen molar-refractivity contribution >= 4 is 16.1 Å². The van der Waals surface area contributed by atoms with Crippen molar-refractivity contribution < 1.29 is 17.9 Å². The molecule has 1 aliphatic carbocycles. The predicted molar refractivity (Wildman–Crippen MR) is 75.8 cm³/mol. The molecule has 2 aliphatic rings. The zero-order valence-electron chi connectivity index (χ0n) is 12.5. The number of rotatable bonds is 2. The van der Waals surface area contributed by atoms with Crippen molar-refractivity contribution in [2.24, 2.45) is 11.8 Å². The smallest absolute Gasteiger partial charge is 0.410 e. The first-order valence-electron chi connectivity index (χ1n) is 7.00. The second kappa shape index (κ2) is 5.18. The topological polar surface area (TPSA) is 75.7 Å². The van der Waals surface area contributed by atoms with E-state index in [2.05, 4.69) is 4.72 Å². The van der Waals surface area contributed by atoms with Crippen LogP contribution in [0.2, 0.25) is 0 Å². The molecule has 0 aromatic rings.